The highest BCUT2D eigenvalue weighted by atomic mass is 35.5. The Hall–Kier alpha value is -1.59. The zero-order chi connectivity index (χ0) is 16.7. The first kappa shape index (κ1) is 17.8. The van der Waals surface area contributed by atoms with Crippen molar-refractivity contribution >= 4 is 39.7 Å². The van der Waals surface area contributed by atoms with Crippen molar-refractivity contribution in [2.75, 3.05) is 29.2 Å². The van der Waals surface area contributed by atoms with E-state index in [0.29, 0.717) is 18.7 Å². The summed E-state index contributed by atoms with van der Waals surface area (Å²) in [5.74, 6) is 0.491. The van der Waals surface area contributed by atoms with Crippen LogP contribution in [0.15, 0.2) is 29.6 Å². The van der Waals surface area contributed by atoms with Crippen molar-refractivity contribution in [3.63, 3.8) is 0 Å². The molecule has 0 aliphatic rings. The van der Waals surface area contributed by atoms with E-state index in [1.807, 2.05) is 24.3 Å². The minimum Gasteiger partial charge on any atom is -0.349 e. The molecular formula is C17H22ClN3OS. The standard InChI is InChI=1S/C17H22ClN3OS/c1-3-21(4-2)17-20-15(12-23-17)13-7-5-8-14(11-13)19-16(22)9-6-10-18/h5,7-8,11-12H,3-4,6,9-10H2,1-2H3,(H,19,22). The molecule has 124 valence electrons. The van der Waals surface area contributed by atoms with Gasteiger partial charge in [0.05, 0.1) is 5.69 Å². The number of rotatable bonds is 8. The van der Waals surface area contributed by atoms with Crippen LogP contribution in [0.5, 0.6) is 0 Å². The summed E-state index contributed by atoms with van der Waals surface area (Å²) in [7, 11) is 0. The van der Waals surface area contributed by atoms with Crippen LogP contribution >= 0.6 is 22.9 Å². The molecule has 0 spiro atoms. The van der Waals surface area contributed by atoms with Gasteiger partial charge in [-0.25, -0.2) is 4.98 Å². The van der Waals surface area contributed by atoms with E-state index in [1.165, 1.54) is 0 Å². The smallest absolute Gasteiger partial charge is 0.224 e. The maximum Gasteiger partial charge on any atom is 0.224 e. The maximum atomic E-state index is 11.8. The van der Waals surface area contributed by atoms with Crippen molar-refractivity contribution in [1.29, 1.82) is 0 Å². The lowest BCUT2D eigenvalue weighted by Gasteiger charge is -2.16. The Labute approximate surface area is 146 Å². The van der Waals surface area contributed by atoms with Crippen LogP contribution in [-0.4, -0.2) is 29.9 Å². The van der Waals surface area contributed by atoms with Crippen LogP contribution in [0, 0.1) is 0 Å². The first-order valence-corrected chi connectivity index (χ1v) is 9.26. The van der Waals surface area contributed by atoms with Crippen LogP contribution in [0.3, 0.4) is 0 Å². The van der Waals surface area contributed by atoms with Gasteiger partial charge in [-0.15, -0.1) is 22.9 Å². The summed E-state index contributed by atoms with van der Waals surface area (Å²) < 4.78 is 0. The van der Waals surface area contributed by atoms with Gasteiger partial charge in [0.25, 0.3) is 0 Å². The van der Waals surface area contributed by atoms with Gasteiger partial charge in [0.15, 0.2) is 5.13 Å². The van der Waals surface area contributed by atoms with Gasteiger partial charge < -0.3 is 10.2 Å². The third-order valence-electron chi connectivity index (χ3n) is 3.51. The Kier molecular flexibility index (Phi) is 6.86. The van der Waals surface area contributed by atoms with E-state index in [4.69, 9.17) is 16.6 Å². The molecule has 0 saturated heterocycles. The summed E-state index contributed by atoms with van der Waals surface area (Å²) in [5.41, 5.74) is 2.74. The number of thiazole rings is 1. The second kappa shape index (κ2) is 8.89. The van der Waals surface area contributed by atoms with Gasteiger partial charge in [0.2, 0.25) is 5.91 Å². The highest BCUT2D eigenvalue weighted by Crippen LogP contribution is 2.28. The van der Waals surface area contributed by atoms with E-state index in [1.54, 1.807) is 11.3 Å². The number of carbonyl (C=O) groups is 1. The first-order chi connectivity index (χ1) is 11.2. The molecule has 0 fully saturated rings. The van der Waals surface area contributed by atoms with Gasteiger partial charge in [-0.3, -0.25) is 4.79 Å². The van der Waals surface area contributed by atoms with Crippen molar-refractivity contribution < 1.29 is 4.79 Å². The number of amides is 1. The normalized spacial score (nSPS) is 10.6. The molecule has 1 aromatic carbocycles. The van der Waals surface area contributed by atoms with Gasteiger partial charge in [0, 0.05) is 42.0 Å². The van der Waals surface area contributed by atoms with Gasteiger partial charge in [-0.05, 0) is 32.4 Å². The second-order valence-electron chi connectivity index (χ2n) is 5.11. The average molecular weight is 352 g/mol. The largest absolute Gasteiger partial charge is 0.349 e. The summed E-state index contributed by atoms with van der Waals surface area (Å²) in [6.45, 7) is 6.14. The van der Waals surface area contributed by atoms with E-state index < -0.39 is 0 Å². The van der Waals surface area contributed by atoms with Crippen molar-refractivity contribution in [3.8, 4) is 11.3 Å². The number of nitrogens with zero attached hydrogens (tertiary/aromatic N) is 2. The van der Waals surface area contributed by atoms with Gasteiger partial charge in [-0.1, -0.05) is 12.1 Å². The molecule has 1 heterocycles. The molecule has 23 heavy (non-hydrogen) atoms. The minimum absolute atomic E-state index is 0.00934. The molecule has 0 radical (unpaired) electrons. The van der Waals surface area contributed by atoms with Crippen molar-refractivity contribution in [2.45, 2.75) is 26.7 Å². The Bertz CT molecular complexity index is 640. The monoisotopic (exact) mass is 351 g/mol. The summed E-state index contributed by atoms with van der Waals surface area (Å²) in [6, 6.07) is 7.79. The quantitative estimate of drug-likeness (QED) is 0.706. The molecule has 6 heteroatoms. The molecule has 0 saturated carbocycles. The summed E-state index contributed by atoms with van der Waals surface area (Å²) in [4.78, 5) is 18.7. The Morgan fingerprint density at radius 2 is 2.13 bits per heavy atom. The van der Waals surface area contributed by atoms with E-state index in [2.05, 4.69) is 29.4 Å². The van der Waals surface area contributed by atoms with Crippen molar-refractivity contribution in [3.05, 3.63) is 29.6 Å². The first-order valence-electron chi connectivity index (χ1n) is 7.84. The third-order valence-corrected chi connectivity index (χ3v) is 4.67. The van der Waals surface area contributed by atoms with Crippen LogP contribution in [0.1, 0.15) is 26.7 Å². The van der Waals surface area contributed by atoms with E-state index in [-0.39, 0.29) is 5.91 Å². The number of benzene rings is 1. The van der Waals surface area contributed by atoms with E-state index >= 15 is 0 Å². The van der Waals surface area contributed by atoms with Crippen molar-refractivity contribution in [2.24, 2.45) is 0 Å². The van der Waals surface area contributed by atoms with Crippen LogP contribution in [0.2, 0.25) is 0 Å². The average Bonchev–Trinajstić information content (AvgIpc) is 3.04. The fourth-order valence-electron chi connectivity index (χ4n) is 2.24. The van der Waals surface area contributed by atoms with Crippen LogP contribution in [0.4, 0.5) is 10.8 Å². The number of halogens is 1. The number of carbonyl (C=O) groups excluding carboxylic acids is 1. The van der Waals surface area contributed by atoms with Crippen LogP contribution in [-0.2, 0) is 4.79 Å². The highest BCUT2D eigenvalue weighted by Gasteiger charge is 2.10. The minimum atomic E-state index is -0.00934. The molecule has 2 aromatic rings. The topological polar surface area (TPSA) is 45.2 Å². The zero-order valence-corrected chi connectivity index (χ0v) is 15.1. The fraction of sp³-hybridized carbons (Fsp3) is 0.412. The molecule has 1 aromatic heterocycles. The Morgan fingerprint density at radius 1 is 1.35 bits per heavy atom. The molecule has 0 aliphatic carbocycles. The summed E-state index contributed by atoms with van der Waals surface area (Å²) >= 11 is 7.26. The molecular weight excluding hydrogens is 330 g/mol. The number of nitrogens with one attached hydrogen (secondary N) is 1. The highest BCUT2D eigenvalue weighted by molar-refractivity contribution is 7.14. The lowest BCUT2D eigenvalue weighted by molar-refractivity contribution is -0.116. The molecule has 1 N–H and O–H groups in total. The molecule has 2 rings (SSSR count). The van der Waals surface area contributed by atoms with Gasteiger partial charge in [-0.2, -0.15) is 0 Å². The van der Waals surface area contributed by atoms with Crippen molar-refractivity contribution in [1.82, 2.24) is 4.98 Å². The number of hydrogen-bond donors (Lipinski definition) is 1. The number of aromatic nitrogens is 1. The molecule has 0 aliphatic heterocycles. The van der Waals surface area contributed by atoms with Gasteiger partial charge in [0.1, 0.15) is 0 Å². The molecule has 4 nitrogen and oxygen atoms in total. The maximum absolute atomic E-state index is 11.8. The Morgan fingerprint density at radius 3 is 2.83 bits per heavy atom. The Balaban J connectivity index is 2.12. The van der Waals surface area contributed by atoms with E-state index in [9.17, 15) is 4.79 Å². The third kappa shape index (κ3) is 4.94. The zero-order valence-electron chi connectivity index (χ0n) is 13.5. The van der Waals surface area contributed by atoms with Gasteiger partial charge >= 0.3 is 0 Å². The predicted molar refractivity (Wildman–Crippen MR) is 99.7 cm³/mol. The number of alkyl halides is 1. The predicted octanol–water partition coefficient (Wildman–Crippen LogP) is 4.61. The second-order valence-corrected chi connectivity index (χ2v) is 6.32. The summed E-state index contributed by atoms with van der Waals surface area (Å²) in [5, 5.41) is 5.99. The lowest BCUT2D eigenvalue weighted by Crippen LogP contribution is -2.21. The molecule has 0 atom stereocenters. The molecule has 0 unspecified atom stereocenters. The molecule has 0 bridgehead atoms. The van der Waals surface area contributed by atoms with Crippen LogP contribution in [0.25, 0.3) is 11.3 Å². The summed E-state index contributed by atoms with van der Waals surface area (Å²) in [6.07, 6.45) is 1.13. The van der Waals surface area contributed by atoms with Crippen LogP contribution < -0.4 is 10.2 Å². The number of anilines is 2. The lowest BCUT2D eigenvalue weighted by atomic mass is 10.1. The molecule has 1 amide bonds. The fourth-order valence-corrected chi connectivity index (χ4v) is 3.34. The SMILES string of the molecule is CCN(CC)c1nc(-c2cccc(NC(=O)CCCCl)c2)cs1. The number of hydrogen-bond acceptors (Lipinski definition) is 4. The van der Waals surface area contributed by atoms with E-state index in [0.717, 1.165) is 35.2 Å².